The van der Waals surface area contributed by atoms with Gasteiger partial charge in [0.15, 0.2) is 11.5 Å². The average Bonchev–Trinajstić information content (AvgIpc) is 3.52. The zero-order chi connectivity index (χ0) is 22.3. The molecular formula is C23H24N4O5. The Morgan fingerprint density at radius 3 is 2.53 bits per heavy atom. The molecule has 2 aromatic carbocycles. The number of rotatable bonds is 5. The number of nitrogens with one attached hydrogen (secondary N) is 2. The summed E-state index contributed by atoms with van der Waals surface area (Å²) in [5.41, 5.74) is 0.994. The van der Waals surface area contributed by atoms with Crippen molar-refractivity contribution in [3.8, 4) is 11.5 Å². The maximum Gasteiger partial charge on any atom is 0.325 e. The quantitative estimate of drug-likeness (QED) is 0.699. The van der Waals surface area contributed by atoms with Crippen molar-refractivity contribution in [2.45, 2.75) is 25.3 Å². The number of fused-ring (bicyclic) bond motifs is 1. The molecule has 3 aliphatic rings. The third-order valence-corrected chi connectivity index (χ3v) is 6.15. The van der Waals surface area contributed by atoms with Crippen molar-refractivity contribution in [3.05, 3.63) is 48.0 Å². The van der Waals surface area contributed by atoms with Gasteiger partial charge in [-0.05, 0) is 61.7 Å². The highest BCUT2D eigenvalue weighted by atomic mass is 16.7. The predicted molar refractivity (Wildman–Crippen MR) is 117 cm³/mol. The summed E-state index contributed by atoms with van der Waals surface area (Å²) in [6.07, 6.45) is 2.38. The van der Waals surface area contributed by atoms with E-state index in [0.29, 0.717) is 22.7 Å². The van der Waals surface area contributed by atoms with E-state index < -0.39 is 23.4 Å². The van der Waals surface area contributed by atoms with E-state index in [4.69, 9.17) is 9.47 Å². The first kappa shape index (κ1) is 20.2. The Balaban J connectivity index is 1.25. The van der Waals surface area contributed by atoms with Crippen molar-refractivity contribution < 1.29 is 23.9 Å². The topological polar surface area (TPSA) is 100 Å². The average molecular weight is 436 g/mol. The summed E-state index contributed by atoms with van der Waals surface area (Å²) >= 11 is 0. The van der Waals surface area contributed by atoms with Crippen molar-refractivity contribution in [1.29, 1.82) is 0 Å². The van der Waals surface area contributed by atoms with E-state index in [-0.39, 0.29) is 13.3 Å². The minimum Gasteiger partial charge on any atom is -0.454 e. The second-order valence-electron chi connectivity index (χ2n) is 8.30. The highest BCUT2D eigenvalue weighted by Gasteiger charge is 2.49. The van der Waals surface area contributed by atoms with Crippen molar-refractivity contribution in [2.24, 2.45) is 0 Å². The lowest BCUT2D eigenvalue weighted by Gasteiger charge is -2.22. The van der Waals surface area contributed by atoms with Crippen molar-refractivity contribution in [3.63, 3.8) is 0 Å². The number of imide groups is 1. The number of anilines is 2. The monoisotopic (exact) mass is 436 g/mol. The van der Waals surface area contributed by atoms with Gasteiger partial charge in [-0.25, -0.2) is 4.79 Å². The van der Waals surface area contributed by atoms with Crippen LogP contribution in [0.2, 0.25) is 0 Å². The zero-order valence-corrected chi connectivity index (χ0v) is 17.7. The molecule has 32 heavy (non-hydrogen) atoms. The maximum absolute atomic E-state index is 13.1. The van der Waals surface area contributed by atoms with Gasteiger partial charge in [0.1, 0.15) is 12.1 Å². The van der Waals surface area contributed by atoms with Crippen LogP contribution in [0, 0.1) is 0 Å². The molecule has 2 fully saturated rings. The summed E-state index contributed by atoms with van der Waals surface area (Å²) in [7, 11) is 0. The maximum atomic E-state index is 13.1. The molecule has 1 atom stereocenters. The Kier molecular flexibility index (Phi) is 4.88. The summed E-state index contributed by atoms with van der Waals surface area (Å²) in [4.78, 5) is 41.4. The van der Waals surface area contributed by atoms with Crippen molar-refractivity contribution in [1.82, 2.24) is 10.2 Å². The number of carbonyl (C=O) groups excluding carboxylic acids is 3. The smallest absolute Gasteiger partial charge is 0.325 e. The molecule has 3 heterocycles. The molecule has 0 aromatic heterocycles. The van der Waals surface area contributed by atoms with Crippen LogP contribution in [0.3, 0.4) is 0 Å². The minimum atomic E-state index is -1.30. The van der Waals surface area contributed by atoms with Gasteiger partial charge in [0.25, 0.3) is 5.91 Å². The van der Waals surface area contributed by atoms with Crippen molar-refractivity contribution >= 4 is 29.2 Å². The molecule has 0 spiro atoms. The lowest BCUT2D eigenvalue weighted by atomic mass is 9.91. The summed E-state index contributed by atoms with van der Waals surface area (Å²) in [5, 5.41) is 5.46. The standard InChI is InChI=1S/C23H24N4O5/c1-23(15-4-9-18-19(12-15)32-14-31-18)21(29)27(22(30)25-23)13-20(28)24-16-5-7-17(8-6-16)26-10-2-3-11-26/h4-9,12H,2-3,10-11,13-14H2,1H3,(H,24,28)(H,25,30)/t23-/m1/s1. The molecule has 5 rings (SSSR count). The van der Waals surface area contributed by atoms with Gasteiger partial charge in [-0.2, -0.15) is 0 Å². The number of nitrogens with zero attached hydrogens (tertiary/aromatic N) is 2. The lowest BCUT2D eigenvalue weighted by Crippen LogP contribution is -2.42. The lowest BCUT2D eigenvalue weighted by molar-refractivity contribution is -0.133. The summed E-state index contributed by atoms with van der Waals surface area (Å²) in [5.74, 6) is 0.152. The number of ether oxygens (including phenoxy) is 2. The molecule has 2 saturated heterocycles. The van der Waals surface area contributed by atoms with E-state index in [1.54, 1.807) is 25.1 Å². The van der Waals surface area contributed by atoms with E-state index in [0.717, 1.165) is 23.7 Å². The Labute approximate surface area is 185 Å². The molecule has 2 aromatic rings. The van der Waals surface area contributed by atoms with Crippen LogP contribution < -0.4 is 25.0 Å². The zero-order valence-electron chi connectivity index (χ0n) is 17.7. The van der Waals surface area contributed by atoms with Crippen molar-refractivity contribution in [2.75, 3.05) is 36.6 Å². The van der Waals surface area contributed by atoms with Gasteiger partial charge < -0.3 is 25.0 Å². The highest BCUT2D eigenvalue weighted by molar-refractivity contribution is 6.10. The van der Waals surface area contributed by atoms with Gasteiger partial charge >= 0.3 is 6.03 Å². The summed E-state index contributed by atoms with van der Waals surface area (Å²) in [6.45, 7) is 3.43. The molecular weight excluding hydrogens is 412 g/mol. The highest BCUT2D eigenvalue weighted by Crippen LogP contribution is 2.37. The number of hydrogen-bond donors (Lipinski definition) is 2. The van der Waals surface area contributed by atoms with Gasteiger partial charge in [0.05, 0.1) is 0 Å². The Bertz CT molecular complexity index is 1080. The molecule has 3 aliphatic heterocycles. The molecule has 0 saturated carbocycles. The Hall–Kier alpha value is -3.75. The third-order valence-electron chi connectivity index (χ3n) is 6.15. The Morgan fingerprint density at radius 2 is 1.78 bits per heavy atom. The van der Waals surface area contributed by atoms with E-state index in [2.05, 4.69) is 15.5 Å². The molecule has 2 N–H and O–H groups in total. The molecule has 0 unspecified atom stereocenters. The molecule has 4 amide bonds. The number of hydrogen-bond acceptors (Lipinski definition) is 6. The predicted octanol–water partition coefficient (Wildman–Crippen LogP) is 2.42. The molecule has 0 radical (unpaired) electrons. The van der Waals surface area contributed by atoms with Crippen LogP contribution in [-0.4, -0.2) is 49.2 Å². The van der Waals surface area contributed by atoms with Crippen LogP contribution in [0.1, 0.15) is 25.3 Å². The largest absolute Gasteiger partial charge is 0.454 e. The van der Waals surface area contributed by atoms with Crippen LogP contribution in [0.25, 0.3) is 0 Å². The second kappa shape index (κ2) is 7.74. The van der Waals surface area contributed by atoms with E-state index in [1.165, 1.54) is 12.8 Å². The first-order chi connectivity index (χ1) is 15.4. The number of carbonyl (C=O) groups is 3. The van der Waals surface area contributed by atoms with Crippen LogP contribution in [-0.2, 0) is 15.1 Å². The van der Waals surface area contributed by atoms with Crippen LogP contribution in [0.5, 0.6) is 11.5 Å². The molecule has 9 heteroatoms. The minimum absolute atomic E-state index is 0.112. The first-order valence-corrected chi connectivity index (χ1v) is 10.6. The fourth-order valence-corrected chi connectivity index (χ4v) is 4.32. The van der Waals surface area contributed by atoms with Gasteiger partial charge in [-0.15, -0.1) is 0 Å². The number of benzene rings is 2. The van der Waals surface area contributed by atoms with E-state index >= 15 is 0 Å². The normalized spacial score (nSPS) is 21.8. The summed E-state index contributed by atoms with van der Waals surface area (Å²) < 4.78 is 10.7. The third kappa shape index (κ3) is 3.49. The van der Waals surface area contributed by atoms with Gasteiger partial charge in [-0.1, -0.05) is 6.07 Å². The number of urea groups is 1. The van der Waals surface area contributed by atoms with Gasteiger partial charge in [0, 0.05) is 24.5 Å². The summed E-state index contributed by atoms with van der Waals surface area (Å²) in [6, 6.07) is 12.0. The van der Waals surface area contributed by atoms with Crippen LogP contribution in [0.15, 0.2) is 42.5 Å². The molecule has 9 nitrogen and oxygen atoms in total. The van der Waals surface area contributed by atoms with Gasteiger partial charge in [-0.3, -0.25) is 14.5 Å². The fraction of sp³-hybridized carbons (Fsp3) is 0.348. The molecule has 166 valence electrons. The SMILES string of the molecule is C[C@]1(c2ccc3c(c2)OCO3)NC(=O)N(CC(=O)Nc2ccc(N3CCCC3)cc2)C1=O. The Morgan fingerprint density at radius 1 is 1.06 bits per heavy atom. The molecule has 0 bridgehead atoms. The van der Waals surface area contributed by atoms with E-state index in [1.807, 2.05) is 24.3 Å². The van der Waals surface area contributed by atoms with Crippen LogP contribution in [0.4, 0.5) is 16.2 Å². The first-order valence-electron chi connectivity index (χ1n) is 10.6. The van der Waals surface area contributed by atoms with Gasteiger partial charge in [0.2, 0.25) is 12.7 Å². The number of amides is 4. The fourth-order valence-electron chi connectivity index (χ4n) is 4.32. The second-order valence-corrected chi connectivity index (χ2v) is 8.30. The van der Waals surface area contributed by atoms with E-state index in [9.17, 15) is 14.4 Å². The molecule has 0 aliphatic carbocycles. The van der Waals surface area contributed by atoms with Crippen LogP contribution >= 0.6 is 0 Å².